The molecule has 1 heterocycles. The molecule has 1 N–H and O–H groups in total. The lowest BCUT2D eigenvalue weighted by Crippen LogP contribution is -2.48. The van der Waals surface area contributed by atoms with E-state index in [4.69, 9.17) is 0 Å². The van der Waals surface area contributed by atoms with Gasteiger partial charge in [0.2, 0.25) is 0 Å². The van der Waals surface area contributed by atoms with Crippen molar-refractivity contribution in [2.75, 3.05) is 40.3 Å². The molecule has 1 aliphatic heterocycles. The second kappa shape index (κ2) is 8.06. The maximum Gasteiger partial charge on any atom is 0.0192 e. The van der Waals surface area contributed by atoms with Crippen LogP contribution in [0.3, 0.4) is 0 Å². The fourth-order valence-electron chi connectivity index (χ4n) is 2.52. The minimum atomic E-state index is 0.653. The summed E-state index contributed by atoms with van der Waals surface area (Å²) in [5.41, 5.74) is 0. The van der Waals surface area contributed by atoms with E-state index in [1.165, 1.54) is 45.3 Å². The molecular weight excluding hydrogens is 210 g/mol. The number of rotatable bonds is 7. The first-order valence-electron chi connectivity index (χ1n) is 7.26. The molecule has 3 nitrogen and oxygen atoms in total. The summed E-state index contributed by atoms with van der Waals surface area (Å²) < 4.78 is 0. The lowest BCUT2D eigenvalue weighted by Gasteiger charge is -2.38. The molecular formula is C14H31N3. The van der Waals surface area contributed by atoms with Gasteiger partial charge in [-0.3, -0.25) is 4.90 Å². The van der Waals surface area contributed by atoms with Crippen LogP contribution >= 0.6 is 0 Å². The Morgan fingerprint density at radius 3 is 2.59 bits per heavy atom. The van der Waals surface area contributed by atoms with Crippen LogP contribution in [0.4, 0.5) is 0 Å². The van der Waals surface area contributed by atoms with E-state index in [1.807, 2.05) is 0 Å². The second-order valence-corrected chi connectivity index (χ2v) is 5.61. The highest BCUT2D eigenvalue weighted by molar-refractivity contribution is 4.80. The maximum absolute atomic E-state index is 3.56. The van der Waals surface area contributed by atoms with Crippen molar-refractivity contribution >= 4 is 0 Å². The van der Waals surface area contributed by atoms with E-state index >= 15 is 0 Å². The summed E-state index contributed by atoms with van der Waals surface area (Å²) >= 11 is 0. The van der Waals surface area contributed by atoms with Crippen LogP contribution in [0.1, 0.15) is 39.5 Å². The lowest BCUT2D eigenvalue weighted by molar-refractivity contribution is 0.113. The van der Waals surface area contributed by atoms with Gasteiger partial charge in [0.15, 0.2) is 0 Å². The number of hydrogen-bond acceptors (Lipinski definition) is 3. The smallest absolute Gasteiger partial charge is 0.0192 e. The Morgan fingerprint density at radius 2 is 2.00 bits per heavy atom. The van der Waals surface area contributed by atoms with Crippen molar-refractivity contribution in [3.05, 3.63) is 0 Å². The van der Waals surface area contributed by atoms with Crippen LogP contribution in [-0.4, -0.2) is 62.2 Å². The zero-order chi connectivity index (χ0) is 12.7. The van der Waals surface area contributed by atoms with Crippen LogP contribution < -0.4 is 5.32 Å². The van der Waals surface area contributed by atoms with Gasteiger partial charge < -0.3 is 10.2 Å². The average molecular weight is 241 g/mol. The molecule has 1 rings (SSSR count). The van der Waals surface area contributed by atoms with Crippen molar-refractivity contribution < 1.29 is 0 Å². The Hall–Kier alpha value is -0.120. The number of nitrogens with one attached hydrogen (secondary N) is 1. The zero-order valence-corrected chi connectivity index (χ0v) is 12.2. The maximum atomic E-state index is 3.56. The summed E-state index contributed by atoms with van der Waals surface area (Å²) in [5.74, 6) is 0. The van der Waals surface area contributed by atoms with Crippen molar-refractivity contribution in [3.63, 3.8) is 0 Å². The predicted molar refractivity (Wildman–Crippen MR) is 75.5 cm³/mol. The van der Waals surface area contributed by atoms with Gasteiger partial charge in [-0.05, 0) is 59.9 Å². The Kier molecular flexibility index (Phi) is 7.09. The first-order chi connectivity index (χ1) is 8.15. The van der Waals surface area contributed by atoms with Gasteiger partial charge in [0, 0.05) is 18.6 Å². The van der Waals surface area contributed by atoms with Gasteiger partial charge in [-0.1, -0.05) is 13.3 Å². The van der Waals surface area contributed by atoms with Crippen LogP contribution in [-0.2, 0) is 0 Å². The van der Waals surface area contributed by atoms with E-state index in [0.717, 1.165) is 12.6 Å². The van der Waals surface area contributed by atoms with E-state index in [-0.39, 0.29) is 0 Å². The highest BCUT2D eigenvalue weighted by Gasteiger charge is 2.23. The van der Waals surface area contributed by atoms with Crippen molar-refractivity contribution in [2.45, 2.75) is 51.6 Å². The highest BCUT2D eigenvalue weighted by atomic mass is 15.2. The summed E-state index contributed by atoms with van der Waals surface area (Å²) in [4.78, 5) is 5.01. The fourth-order valence-corrected chi connectivity index (χ4v) is 2.52. The number of piperidine rings is 1. The summed E-state index contributed by atoms with van der Waals surface area (Å²) in [5, 5.41) is 3.56. The molecule has 1 unspecified atom stereocenters. The van der Waals surface area contributed by atoms with Gasteiger partial charge in [0.05, 0.1) is 0 Å². The Bertz CT molecular complexity index is 188. The molecule has 3 heteroatoms. The molecule has 0 bridgehead atoms. The van der Waals surface area contributed by atoms with Crippen LogP contribution in [0.15, 0.2) is 0 Å². The van der Waals surface area contributed by atoms with Crippen LogP contribution in [0.25, 0.3) is 0 Å². The fraction of sp³-hybridized carbons (Fsp3) is 1.00. The summed E-state index contributed by atoms with van der Waals surface area (Å²) in [6, 6.07) is 1.44. The Labute approximate surface area is 108 Å². The Morgan fingerprint density at radius 1 is 1.35 bits per heavy atom. The van der Waals surface area contributed by atoms with Crippen molar-refractivity contribution in [3.8, 4) is 0 Å². The quantitative estimate of drug-likeness (QED) is 0.686. The summed E-state index contributed by atoms with van der Waals surface area (Å²) in [7, 11) is 4.52. The third kappa shape index (κ3) is 5.36. The zero-order valence-electron chi connectivity index (χ0n) is 12.2. The number of nitrogens with zero attached hydrogens (tertiary/aromatic N) is 2. The summed E-state index contributed by atoms with van der Waals surface area (Å²) in [6.45, 7) is 9.40. The molecule has 0 radical (unpaired) electrons. The molecule has 0 spiro atoms. The van der Waals surface area contributed by atoms with Crippen molar-refractivity contribution in [1.82, 2.24) is 15.1 Å². The molecule has 0 aliphatic carbocycles. The van der Waals surface area contributed by atoms with Gasteiger partial charge >= 0.3 is 0 Å². The SMILES string of the molecule is CCCCNCC(C)N(C)C1CCN(C)CC1. The average Bonchev–Trinajstić information content (AvgIpc) is 2.34. The molecule has 1 atom stereocenters. The van der Waals surface area contributed by atoms with E-state index in [2.05, 4.69) is 43.1 Å². The molecule has 1 fully saturated rings. The number of unbranched alkanes of at least 4 members (excludes halogenated alkanes) is 1. The molecule has 0 aromatic carbocycles. The Balaban J connectivity index is 2.19. The molecule has 1 aliphatic rings. The van der Waals surface area contributed by atoms with Gasteiger partial charge in [-0.25, -0.2) is 0 Å². The third-order valence-electron chi connectivity index (χ3n) is 4.11. The molecule has 17 heavy (non-hydrogen) atoms. The number of likely N-dealkylation sites (tertiary alicyclic amines) is 1. The minimum Gasteiger partial charge on any atom is -0.315 e. The van der Waals surface area contributed by atoms with E-state index in [0.29, 0.717) is 6.04 Å². The van der Waals surface area contributed by atoms with Crippen molar-refractivity contribution in [2.24, 2.45) is 0 Å². The standard InChI is InChI=1S/C14H31N3/c1-5-6-9-15-12-13(2)17(4)14-7-10-16(3)11-8-14/h13-15H,5-12H2,1-4H3. The monoisotopic (exact) mass is 241 g/mol. The lowest BCUT2D eigenvalue weighted by atomic mass is 10.0. The molecule has 102 valence electrons. The van der Waals surface area contributed by atoms with Gasteiger partial charge in [0.25, 0.3) is 0 Å². The molecule has 0 aromatic rings. The van der Waals surface area contributed by atoms with Crippen molar-refractivity contribution in [1.29, 1.82) is 0 Å². The van der Waals surface area contributed by atoms with Gasteiger partial charge in [0.1, 0.15) is 0 Å². The van der Waals surface area contributed by atoms with E-state index in [9.17, 15) is 0 Å². The van der Waals surface area contributed by atoms with Crippen LogP contribution in [0.5, 0.6) is 0 Å². The topological polar surface area (TPSA) is 18.5 Å². The normalized spacial score (nSPS) is 21.0. The number of hydrogen-bond donors (Lipinski definition) is 1. The first kappa shape index (κ1) is 14.9. The van der Waals surface area contributed by atoms with E-state index < -0.39 is 0 Å². The van der Waals surface area contributed by atoms with Gasteiger partial charge in [-0.2, -0.15) is 0 Å². The third-order valence-corrected chi connectivity index (χ3v) is 4.11. The summed E-state index contributed by atoms with van der Waals surface area (Å²) in [6.07, 6.45) is 5.23. The minimum absolute atomic E-state index is 0.653. The predicted octanol–water partition coefficient (Wildman–Crippen LogP) is 1.79. The molecule has 0 saturated carbocycles. The first-order valence-corrected chi connectivity index (χ1v) is 7.26. The van der Waals surface area contributed by atoms with Gasteiger partial charge in [-0.15, -0.1) is 0 Å². The molecule has 0 aromatic heterocycles. The highest BCUT2D eigenvalue weighted by Crippen LogP contribution is 2.15. The second-order valence-electron chi connectivity index (χ2n) is 5.61. The van der Waals surface area contributed by atoms with E-state index in [1.54, 1.807) is 0 Å². The largest absolute Gasteiger partial charge is 0.315 e. The molecule has 0 amide bonds. The molecule has 1 saturated heterocycles. The van der Waals surface area contributed by atoms with Crippen LogP contribution in [0.2, 0.25) is 0 Å². The number of likely N-dealkylation sites (N-methyl/N-ethyl adjacent to an activating group) is 1. The van der Waals surface area contributed by atoms with Crippen LogP contribution in [0, 0.1) is 0 Å².